The van der Waals surface area contributed by atoms with Gasteiger partial charge < -0.3 is 14.2 Å². The summed E-state index contributed by atoms with van der Waals surface area (Å²) in [5.41, 5.74) is 0. The first kappa shape index (κ1) is 25.3. The Morgan fingerprint density at radius 1 is 0.529 bits per heavy atom. The fourth-order valence-corrected chi connectivity index (χ4v) is 3.66. The minimum absolute atomic E-state index is 0.262. The smallest absolute Gasteiger partial charge is 0.313 e. The first-order valence-corrected chi connectivity index (χ1v) is 12.2. The highest BCUT2D eigenvalue weighted by Gasteiger charge is 2.10. The topological polar surface area (TPSA) is 61.8 Å². The summed E-state index contributed by atoms with van der Waals surface area (Å²) in [7, 11) is 0. The zero-order chi connectivity index (χ0) is 23.8. The molecule has 0 spiro atoms. The quantitative estimate of drug-likeness (QED) is 0.140. The van der Waals surface area contributed by atoms with E-state index < -0.39 is 11.9 Å². The Labute approximate surface area is 202 Å². The Morgan fingerprint density at radius 3 is 1.79 bits per heavy atom. The lowest BCUT2D eigenvalue weighted by Crippen LogP contribution is -2.12. The summed E-state index contributed by atoms with van der Waals surface area (Å²) in [4.78, 5) is 23.7. The van der Waals surface area contributed by atoms with Crippen molar-refractivity contribution in [3.8, 4) is 11.5 Å². The summed E-state index contributed by atoms with van der Waals surface area (Å²) in [6.45, 7) is 1.27. The van der Waals surface area contributed by atoms with E-state index in [0.717, 1.165) is 55.4 Å². The van der Waals surface area contributed by atoms with Crippen LogP contribution in [0.3, 0.4) is 0 Å². The molecule has 0 aliphatic rings. The van der Waals surface area contributed by atoms with E-state index in [1.807, 2.05) is 54.6 Å². The molecule has 0 radical (unpaired) electrons. The molecule has 0 amide bonds. The highest BCUT2D eigenvalue weighted by molar-refractivity contribution is 5.85. The van der Waals surface area contributed by atoms with Crippen LogP contribution in [-0.2, 0) is 14.3 Å². The van der Waals surface area contributed by atoms with Gasteiger partial charge in [0, 0.05) is 12.8 Å². The maximum absolute atomic E-state index is 11.9. The fraction of sp³-hybridized carbons (Fsp3) is 0.379. The molecule has 0 N–H and O–H groups in total. The van der Waals surface area contributed by atoms with Crippen molar-refractivity contribution in [3.05, 3.63) is 72.8 Å². The molecule has 5 heteroatoms. The van der Waals surface area contributed by atoms with Gasteiger partial charge in [-0.15, -0.1) is 0 Å². The van der Waals surface area contributed by atoms with Gasteiger partial charge in [-0.1, -0.05) is 61.4 Å². The van der Waals surface area contributed by atoms with E-state index in [1.54, 1.807) is 0 Å². The van der Waals surface area contributed by atoms with Gasteiger partial charge in [-0.3, -0.25) is 9.59 Å². The summed E-state index contributed by atoms with van der Waals surface area (Å²) in [5.74, 6) is 0.872. The van der Waals surface area contributed by atoms with Crippen LogP contribution in [0.5, 0.6) is 11.5 Å². The average Bonchev–Trinajstić information content (AvgIpc) is 2.86. The Balaban J connectivity index is 1.14. The number of rotatable bonds is 15. The molecule has 0 heterocycles. The van der Waals surface area contributed by atoms with Crippen molar-refractivity contribution in [1.82, 2.24) is 0 Å². The second-order valence-electron chi connectivity index (χ2n) is 8.34. The van der Waals surface area contributed by atoms with Gasteiger partial charge >= 0.3 is 11.9 Å². The highest BCUT2D eigenvalue weighted by Crippen LogP contribution is 2.21. The Morgan fingerprint density at radius 2 is 1.09 bits per heavy atom. The number of benzene rings is 3. The largest absolute Gasteiger partial charge is 0.494 e. The van der Waals surface area contributed by atoms with Crippen molar-refractivity contribution in [2.24, 2.45) is 0 Å². The van der Waals surface area contributed by atoms with Gasteiger partial charge in [-0.2, -0.15) is 0 Å². The van der Waals surface area contributed by atoms with E-state index in [2.05, 4.69) is 18.2 Å². The number of para-hydroxylation sites is 1. The number of hydrogen-bond acceptors (Lipinski definition) is 5. The van der Waals surface area contributed by atoms with Crippen LogP contribution in [0.4, 0.5) is 0 Å². The van der Waals surface area contributed by atoms with E-state index in [1.165, 1.54) is 5.39 Å². The van der Waals surface area contributed by atoms with Crippen LogP contribution in [0.25, 0.3) is 10.8 Å². The first-order valence-electron chi connectivity index (χ1n) is 12.2. The van der Waals surface area contributed by atoms with Gasteiger partial charge in [0.25, 0.3) is 0 Å². The van der Waals surface area contributed by atoms with Crippen molar-refractivity contribution in [2.75, 3.05) is 13.2 Å². The molecule has 5 nitrogen and oxygen atoms in total. The molecule has 180 valence electrons. The van der Waals surface area contributed by atoms with Crippen LogP contribution in [0.2, 0.25) is 0 Å². The maximum atomic E-state index is 11.9. The normalized spacial score (nSPS) is 10.7. The van der Waals surface area contributed by atoms with Crippen LogP contribution in [0.1, 0.15) is 57.8 Å². The maximum Gasteiger partial charge on any atom is 0.313 e. The minimum Gasteiger partial charge on any atom is -0.494 e. The summed E-state index contributed by atoms with van der Waals surface area (Å²) >= 11 is 0. The monoisotopic (exact) mass is 462 g/mol. The van der Waals surface area contributed by atoms with E-state index >= 15 is 0 Å². The van der Waals surface area contributed by atoms with Crippen molar-refractivity contribution in [3.63, 3.8) is 0 Å². The van der Waals surface area contributed by atoms with E-state index in [4.69, 9.17) is 14.2 Å². The Hall–Kier alpha value is -3.34. The van der Waals surface area contributed by atoms with Crippen LogP contribution in [0, 0.1) is 0 Å². The number of unbranched alkanes of at least 4 members (excludes halogenated alkanes) is 5. The molecule has 34 heavy (non-hydrogen) atoms. The van der Waals surface area contributed by atoms with E-state index in [0.29, 0.717) is 19.6 Å². The molecule has 0 aliphatic heterocycles. The molecule has 0 aromatic heterocycles. The molecule has 3 aromatic rings. The van der Waals surface area contributed by atoms with Crippen LogP contribution in [-0.4, -0.2) is 25.2 Å². The fourth-order valence-electron chi connectivity index (χ4n) is 3.66. The van der Waals surface area contributed by atoms with Gasteiger partial charge in [0.2, 0.25) is 0 Å². The molecule has 0 atom stereocenters. The number of esters is 2. The third-order valence-electron chi connectivity index (χ3n) is 5.53. The van der Waals surface area contributed by atoms with Crippen molar-refractivity contribution >= 4 is 22.7 Å². The summed E-state index contributed by atoms with van der Waals surface area (Å²) < 4.78 is 16.4. The summed E-state index contributed by atoms with van der Waals surface area (Å²) in [5, 5.41) is 2.35. The summed E-state index contributed by atoms with van der Waals surface area (Å²) in [6, 6.07) is 24.0. The molecule has 3 aromatic carbocycles. The van der Waals surface area contributed by atoms with Gasteiger partial charge in [-0.25, -0.2) is 0 Å². The molecule has 0 bridgehead atoms. The number of carbonyl (C=O) groups is 2. The third-order valence-corrected chi connectivity index (χ3v) is 5.53. The van der Waals surface area contributed by atoms with Crippen LogP contribution in [0.15, 0.2) is 72.8 Å². The molecule has 0 aliphatic carbocycles. The van der Waals surface area contributed by atoms with Gasteiger partial charge in [0.1, 0.15) is 11.5 Å². The van der Waals surface area contributed by atoms with Gasteiger partial charge in [0.05, 0.1) is 13.2 Å². The zero-order valence-electron chi connectivity index (χ0n) is 19.7. The van der Waals surface area contributed by atoms with Gasteiger partial charge in [0.15, 0.2) is 0 Å². The van der Waals surface area contributed by atoms with Crippen molar-refractivity contribution in [2.45, 2.75) is 57.8 Å². The SMILES string of the molecule is O=C(CCCCCCOc1ccccc1)OC(=O)CCCCCOc1ccc2ccccc2c1. The average molecular weight is 463 g/mol. The lowest BCUT2D eigenvalue weighted by Gasteiger charge is -2.07. The first-order chi connectivity index (χ1) is 16.7. The van der Waals surface area contributed by atoms with Crippen LogP contribution < -0.4 is 9.47 Å². The number of fused-ring (bicyclic) bond motifs is 1. The molecular weight excluding hydrogens is 428 g/mol. The molecule has 0 saturated heterocycles. The number of ether oxygens (including phenoxy) is 3. The predicted octanol–water partition coefficient (Wildman–Crippen LogP) is 6.88. The molecule has 0 saturated carbocycles. The van der Waals surface area contributed by atoms with Gasteiger partial charge in [-0.05, 0) is 67.1 Å². The second kappa shape index (κ2) is 14.7. The third kappa shape index (κ3) is 9.65. The zero-order valence-corrected chi connectivity index (χ0v) is 19.7. The van der Waals surface area contributed by atoms with E-state index in [9.17, 15) is 9.59 Å². The predicted molar refractivity (Wildman–Crippen MR) is 134 cm³/mol. The van der Waals surface area contributed by atoms with Crippen molar-refractivity contribution < 1.29 is 23.8 Å². The highest BCUT2D eigenvalue weighted by atomic mass is 16.6. The lowest BCUT2D eigenvalue weighted by molar-refractivity contribution is -0.159. The number of carbonyl (C=O) groups excluding carboxylic acids is 2. The minimum atomic E-state index is -0.434. The molecule has 0 unspecified atom stereocenters. The number of hydrogen-bond donors (Lipinski definition) is 0. The lowest BCUT2D eigenvalue weighted by atomic mass is 10.1. The Kier molecular flexibility index (Phi) is 11.0. The van der Waals surface area contributed by atoms with Crippen molar-refractivity contribution in [1.29, 1.82) is 0 Å². The molecular formula is C29H34O5. The standard InChI is InChI=1S/C29H34O5/c30-28(17-7-1-2-11-21-32-26-15-5-3-6-16-26)34-29(31)18-8-4-12-22-33-27-20-19-24-13-9-10-14-25(24)23-27/h3,5-6,9-10,13-16,19-20,23H,1-2,4,7-8,11-12,17-18,21-22H2. The van der Waals surface area contributed by atoms with E-state index in [-0.39, 0.29) is 12.8 Å². The molecule has 3 rings (SSSR count). The Bertz CT molecular complexity index is 1020. The second-order valence-corrected chi connectivity index (χ2v) is 8.34. The van der Waals surface area contributed by atoms with Crippen LogP contribution >= 0.6 is 0 Å². The summed E-state index contributed by atoms with van der Waals surface area (Å²) in [6.07, 6.45) is 6.49. The molecule has 0 fully saturated rings.